The summed E-state index contributed by atoms with van der Waals surface area (Å²) in [4.78, 5) is 2.38. The van der Waals surface area contributed by atoms with Gasteiger partial charge in [-0.2, -0.15) is 0 Å². The van der Waals surface area contributed by atoms with Gasteiger partial charge < -0.3 is 9.47 Å². The van der Waals surface area contributed by atoms with Crippen molar-refractivity contribution in [3.63, 3.8) is 0 Å². The third kappa shape index (κ3) is 5.25. The Labute approximate surface area is 333 Å². The monoisotopic (exact) mass is 728 g/mol. The van der Waals surface area contributed by atoms with Gasteiger partial charge in [-0.3, -0.25) is 0 Å². The van der Waals surface area contributed by atoms with Gasteiger partial charge in [0.05, 0.1) is 11.0 Å². The molecular weight excluding hydrogens is 689 g/mol. The maximum absolute atomic E-state index is 2.44. The first-order chi connectivity index (χ1) is 28.0. The fourth-order valence-corrected chi connectivity index (χ4v) is 9.46. The lowest BCUT2D eigenvalue weighted by Gasteiger charge is -2.28. The summed E-state index contributed by atoms with van der Waals surface area (Å²) in [5.74, 6) is 0. The van der Waals surface area contributed by atoms with Gasteiger partial charge in [-0.1, -0.05) is 159 Å². The Morgan fingerprint density at radius 1 is 0.386 bits per heavy atom. The zero-order valence-corrected chi connectivity index (χ0v) is 32.0. The second kappa shape index (κ2) is 13.0. The molecule has 2 heteroatoms. The van der Waals surface area contributed by atoms with E-state index in [1.807, 2.05) is 0 Å². The van der Waals surface area contributed by atoms with Crippen LogP contribution in [0.4, 0.5) is 17.1 Å². The second-order valence-electron chi connectivity index (χ2n) is 15.8. The third-order valence-electron chi connectivity index (χ3n) is 12.2. The molecule has 1 aromatic heterocycles. The standard InChI is InChI=1S/C55H40N2/c1-55(2)49-25-11-9-22-46(49)47-33-32-44(36-50(47)55)56(41-19-7-4-8-20-41)42-30-27-37(28-31-42)40-18-13-21-43(35-40)57-51-26-12-10-23-48(51)54-52(57)34-29-39-17-14-24-45(53(39)54)38-15-5-3-6-16-38/h3-36H,1-2H3. The average molecular weight is 729 g/mol. The molecule has 0 atom stereocenters. The first kappa shape index (κ1) is 33.2. The first-order valence-electron chi connectivity index (χ1n) is 19.9. The molecule has 0 saturated heterocycles. The summed E-state index contributed by atoms with van der Waals surface area (Å²) in [6.07, 6.45) is 0. The smallest absolute Gasteiger partial charge is 0.0547 e. The fourth-order valence-electron chi connectivity index (χ4n) is 9.46. The van der Waals surface area contributed by atoms with Crippen molar-refractivity contribution >= 4 is 49.6 Å². The van der Waals surface area contributed by atoms with E-state index < -0.39 is 0 Å². The molecule has 0 fully saturated rings. The SMILES string of the molecule is CC1(C)c2ccccc2-c2ccc(N(c3ccccc3)c3ccc(-c4cccc(-n5c6ccccc6c6c7c(-c8ccccc8)cccc7ccc65)c4)cc3)cc21. The van der Waals surface area contributed by atoms with Crippen molar-refractivity contribution < 1.29 is 0 Å². The van der Waals surface area contributed by atoms with E-state index in [0.29, 0.717) is 0 Å². The van der Waals surface area contributed by atoms with Gasteiger partial charge in [0.15, 0.2) is 0 Å². The molecule has 9 aromatic carbocycles. The van der Waals surface area contributed by atoms with Crippen LogP contribution in [0.25, 0.3) is 71.6 Å². The van der Waals surface area contributed by atoms with Crippen molar-refractivity contribution in [3.05, 3.63) is 217 Å². The number of anilines is 3. The number of benzene rings is 9. The van der Waals surface area contributed by atoms with Gasteiger partial charge in [-0.15, -0.1) is 0 Å². The van der Waals surface area contributed by atoms with E-state index in [0.717, 1.165) is 22.7 Å². The number of rotatable bonds is 6. The van der Waals surface area contributed by atoms with Crippen molar-refractivity contribution in [2.24, 2.45) is 0 Å². The van der Waals surface area contributed by atoms with E-state index in [1.54, 1.807) is 0 Å². The molecule has 1 heterocycles. The van der Waals surface area contributed by atoms with Crippen molar-refractivity contribution in [2.45, 2.75) is 19.3 Å². The van der Waals surface area contributed by atoms with Gasteiger partial charge in [-0.05, 0) is 116 Å². The molecule has 0 N–H and O–H groups in total. The molecule has 57 heavy (non-hydrogen) atoms. The van der Waals surface area contributed by atoms with Gasteiger partial charge in [-0.25, -0.2) is 0 Å². The van der Waals surface area contributed by atoms with Crippen LogP contribution in [-0.2, 0) is 5.41 Å². The minimum absolute atomic E-state index is 0.0766. The van der Waals surface area contributed by atoms with E-state index in [9.17, 15) is 0 Å². The zero-order chi connectivity index (χ0) is 38.1. The van der Waals surface area contributed by atoms with Crippen molar-refractivity contribution in [2.75, 3.05) is 4.90 Å². The molecule has 0 bridgehead atoms. The topological polar surface area (TPSA) is 8.17 Å². The first-order valence-corrected chi connectivity index (χ1v) is 19.9. The fraction of sp³-hybridized carbons (Fsp3) is 0.0545. The molecule has 1 aliphatic carbocycles. The lowest BCUT2D eigenvalue weighted by molar-refractivity contribution is 0.660. The van der Waals surface area contributed by atoms with Crippen molar-refractivity contribution in [1.29, 1.82) is 0 Å². The Bertz CT molecular complexity index is 3130. The second-order valence-corrected chi connectivity index (χ2v) is 15.8. The predicted octanol–water partition coefficient (Wildman–Crippen LogP) is 15.0. The Hall–Kier alpha value is -7.16. The molecule has 0 aliphatic heterocycles. The maximum atomic E-state index is 2.44. The number of para-hydroxylation sites is 2. The van der Waals surface area contributed by atoms with Crippen LogP contribution in [0.1, 0.15) is 25.0 Å². The van der Waals surface area contributed by atoms with Gasteiger partial charge in [0, 0.05) is 38.9 Å². The van der Waals surface area contributed by atoms with Crippen LogP contribution in [0.3, 0.4) is 0 Å². The minimum atomic E-state index is -0.0766. The normalized spacial score (nSPS) is 12.9. The van der Waals surface area contributed by atoms with Crippen LogP contribution in [0.15, 0.2) is 206 Å². The van der Waals surface area contributed by atoms with Gasteiger partial charge in [0.25, 0.3) is 0 Å². The van der Waals surface area contributed by atoms with Crippen LogP contribution in [0, 0.1) is 0 Å². The summed E-state index contributed by atoms with van der Waals surface area (Å²) >= 11 is 0. The predicted molar refractivity (Wildman–Crippen MR) is 241 cm³/mol. The van der Waals surface area contributed by atoms with Gasteiger partial charge >= 0.3 is 0 Å². The molecule has 10 aromatic rings. The van der Waals surface area contributed by atoms with E-state index >= 15 is 0 Å². The number of hydrogen-bond donors (Lipinski definition) is 0. The maximum Gasteiger partial charge on any atom is 0.0547 e. The summed E-state index contributed by atoms with van der Waals surface area (Å²) < 4.78 is 2.44. The van der Waals surface area contributed by atoms with E-state index in [-0.39, 0.29) is 5.41 Å². The van der Waals surface area contributed by atoms with Gasteiger partial charge in [0.2, 0.25) is 0 Å². The largest absolute Gasteiger partial charge is 0.310 e. The molecule has 0 radical (unpaired) electrons. The van der Waals surface area contributed by atoms with Crippen LogP contribution in [0.2, 0.25) is 0 Å². The summed E-state index contributed by atoms with van der Waals surface area (Å²) in [6.45, 7) is 4.70. The highest BCUT2D eigenvalue weighted by Gasteiger charge is 2.35. The number of nitrogens with zero attached hydrogens (tertiary/aromatic N) is 2. The van der Waals surface area contributed by atoms with E-state index in [2.05, 4.69) is 230 Å². The van der Waals surface area contributed by atoms with Crippen LogP contribution >= 0.6 is 0 Å². The quantitative estimate of drug-likeness (QED) is 0.165. The highest BCUT2D eigenvalue weighted by atomic mass is 15.1. The van der Waals surface area contributed by atoms with Crippen LogP contribution < -0.4 is 4.90 Å². The van der Waals surface area contributed by atoms with Crippen LogP contribution in [0.5, 0.6) is 0 Å². The molecule has 0 spiro atoms. The number of aromatic nitrogens is 1. The van der Waals surface area contributed by atoms with Crippen molar-refractivity contribution in [1.82, 2.24) is 4.57 Å². The Morgan fingerprint density at radius 3 is 1.88 bits per heavy atom. The molecule has 2 nitrogen and oxygen atoms in total. The lowest BCUT2D eigenvalue weighted by atomic mass is 9.82. The lowest BCUT2D eigenvalue weighted by Crippen LogP contribution is -2.16. The summed E-state index contributed by atoms with van der Waals surface area (Å²) in [5, 5.41) is 5.09. The average Bonchev–Trinajstić information content (AvgIpc) is 3.73. The highest BCUT2D eigenvalue weighted by molar-refractivity contribution is 6.24. The highest BCUT2D eigenvalue weighted by Crippen LogP contribution is 2.51. The zero-order valence-electron chi connectivity index (χ0n) is 32.0. The Kier molecular flexibility index (Phi) is 7.55. The van der Waals surface area contributed by atoms with Crippen LogP contribution in [-0.4, -0.2) is 4.57 Å². The van der Waals surface area contributed by atoms with Crippen molar-refractivity contribution in [3.8, 4) is 39.1 Å². The minimum Gasteiger partial charge on any atom is -0.310 e. The van der Waals surface area contributed by atoms with E-state index in [4.69, 9.17) is 0 Å². The molecular formula is C55H40N2. The molecule has 0 saturated carbocycles. The Morgan fingerprint density at radius 2 is 1.04 bits per heavy atom. The number of fused-ring (bicyclic) bond motifs is 8. The van der Waals surface area contributed by atoms with E-state index in [1.165, 1.54) is 77.1 Å². The third-order valence-corrected chi connectivity index (χ3v) is 12.2. The number of hydrogen-bond acceptors (Lipinski definition) is 1. The Balaban J connectivity index is 1.01. The molecule has 11 rings (SSSR count). The molecule has 270 valence electrons. The summed E-state index contributed by atoms with van der Waals surface area (Å²) in [7, 11) is 0. The summed E-state index contributed by atoms with van der Waals surface area (Å²) in [5.41, 5.74) is 17.2. The molecule has 0 amide bonds. The summed E-state index contributed by atoms with van der Waals surface area (Å²) in [6, 6.07) is 75.5. The van der Waals surface area contributed by atoms with Gasteiger partial charge in [0.1, 0.15) is 0 Å². The molecule has 1 aliphatic rings. The molecule has 0 unspecified atom stereocenters.